The van der Waals surface area contributed by atoms with Crippen molar-refractivity contribution >= 4 is 11.3 Å². The molecule has 0 saturated carbocycles. The molecule has 0 aliphatic carbocycles. The van der Waals surface area contributed by atoms with Crippen LogP contribution in [0.1, 0.15) is 33.4 Å². The van der Waals surface area contributed by atoms with Gasteiger partial charge in [0.25, 0.3) is 0 Å². The Morgan fingerprint density at radius 1 is 1.00 bits per heavy atom. The molecular formula is C18H25NS. The van der Waals surface area contributed by atoms with E-state index in [1.54, 1.807) is 0 Å². The molecule has 0 spiro atoms. The first-order valence-corrected chi connectivity index (χ1v) is 8.24. The summed E-state index contributed by atoms with van der Waals surface area (Å²) in [5, 5.41) is 3.47. The highest BCUT2D eigenvalue weighted by Gasteiger charge is 2.10. The summed E-state index contributed by atoms with van der Waals surface area (Å²) in [4.78, 5) is 2.98. The van der Waals surface area contributed by atoms with Crippen LogP contribution in [0, 0.1) is 13.8 Å². The summed E-state index contributed by atoms with van der Waals surface area (Å²) in [6.45, 7) is 6.58. The van der Waals surface area contributed by atoms with Gasteiger partial charge in [0, 0.05) is 15.8 Å². The van der Waals surface area contributed by atoms with Gasteiger partial charge in [0.1, 0.15) is 0 Å². The average Bonchev–Trinajstić information content (AvgIpc) is 2.84. The number of aryl methyl sites for hydroxylation is 3. The standard InChI is InChI=1S/C18H25NS/c1-5-17-6-7-18(20-17)12-16(19-4)11-15-9-13(2)8-14(3)10-15/h6-10,16,19H,5,11-12H2,1-4H3. The fourth-order valence-electron chi connectivity index (χ4n) is 2.71. The summed E-state index contributed by atoms with van der Waals surface area (Å²) in [6.07, 6.45) is 3.36. The quantitative estimate of drug-likeness (QED) is 0.835. The second-order valence-corrected chi connectivity index (χ2v) is 6.86. The van der Waals surface area contributed by atoms with E-state index >= 15 is 0 Å². The summed E-state index contributed by atoms with van der Waals surface area (Å²) in [7, 11) is 2.07. The van der Waals surface area contributed by atoms with Crippen molar-refractivity contribution in [3.8, 4) is 0 Å². The Morgan fingerprint density at radius 3 is 2.20 bits per heavy atom. The minimum Gasteiger partial charge on any atom is -0.316 e. The minimum absolute atomic E-state index is 0.513. The van der Waals surface area contributed by atoms with E-state index in [9.17, 15) is 0 Å². The molecule has 0 aliphatic heterocycles. The third-order valence-electron chi connectivity index (χ3n) is 3.69. The Morgan fingerprint density at radius 2 is 1.65 bits per heavy atom. The van der Waals surface area contributed by atoms with Crippen LogP contribution in [0.5, 0.6) is 0 Å². The zero-order valence-electron chi connectivity index (χ0n) is 13.0. The molecule has 2 aromatic rings. The topological polar surface area (TPSA) is 12.0 Å². The third-order valence-corrected chi connectivity index (χ3v) is 4.94. The minimum atomic E-state index is 0.513. The van der Waals surface area contributed by atoms with Crippen molar-refractivity contribution in [3.05, 3.63) is 56.8 Å². The van der Waals surface area contributed by atoms with E-state index in [1.165, 1.54) is 26.4 Å². The van der Waals surface area contributed by atoms with Crippen LogP contribution in [-0.2, 0) is 19.3 Å². The van der Waals surface area contributed by atoms with E-state index in [-0.39, 0.29) is 0 Å². The first-order chi connectivity index (χ1) is 9.60. The zero-order chi connectivity index (χ0) is 14.5. The lowest BCUT2D eigenvalue weighted by molar-refractivity contribution is 0.560. The SMILES string of the molecule is CCc1ccc(CC(Cc2cc(C)cc(C)c2)NC)s1. The normalized spacial score (nSPS) is 12.6. The fraction of sp³-hybridized carbons (Fsp3) is 0.444. The first-order valence-electron chi connectivity index (χ1n) is 7.42. The van der Waals surface area contributed by atoms with E-state index in [0.29, 0.717) is 6.04 Å². The van der Waals surface area contributed by atoms with Gasteiger partial charge in [-0.05, 0) is 57.9 Å². The lowest BCUT2D eigenvalue weighted by Gasteiger charge is -2.16. The van der Waals surface area contributed by atoms with Crippen molar-refractivity contribution in [2.75, 3.05) is 7.05 Å². The van der Waals surface area contributed by atoms with Crippen LogP contribution >= 0.6 is 11.3 Å². The predicted molar refractivity (Wildman–Crippen MR) is 89.9 cm³/mol. The molecule has 1 atom stereocenters. The smallest absolute Gasteiger partial charge is 0.0153 e. The van der Waals surface area contributed by atoms with Gasteiger partial charge in [-0.25, -0.2) is 0 Å². The molecule has 0 radical (unpaired) electrons. The van der Waals surface area contributed by atoms with Crippen LogP contribution in [0.4, 0.5) is 0 Å². The van der Waals surface area contributed by atoms with Gasteiger partial charge in [0.05, 0.1) is 0 Å². The van der Waals surface area contributed by atoms with Crippen molar-refractivity contribution in [2.45, 2.75) is 46.1 Å². The van der Waals surface area contributed by atoms with Gasteiger partial charge in [0.15, 0.2) is 0 Å². The van der Waals surface area contributed by atoms with Crippen LogP contribution < -0.4 is 5.32 Å². The number of hydrogen-bond donors (Lipinski definition) is 1. The summed E-state index contributed by atoms with van der Waals surface area (Å²) < 4.78 is 0. The molecule has 0 fully saturated rings. The molecule has 2 rings (SSSR count). The largest absolute Gasteiger partial charge is 0.316 e. The molecule has 0 amide bonds. The van der Waals surface area contributed by atoms with Crippen LogP contribution in [0.25, 0.3) is 0 Å². The molecule has 0 bridgehead atoms. The molecule has 0 aliphatic rings. The van der Waals surface area contributed by atoms with E-state index < -0.39 is 0 Å². The summed E-state index contributed by atoms with van der Waals surface area (Å²) in [6, 6.07) is 11.9. The molecule has 20 heavy (non-hydrogen) atoms. The van der Waals surface area contributed by atoms with Crippen LogP contribution in [-0.4, -0.2) is 13.1 Å². The maximum atomic E-state index is 3.47. The van der Waals surface area contributed by atoms with Gasteiger partial charge in [-0.3, -0.25) is 0 Å². The highest BCUT2D eigenvalue weighted by molar-refractivity contribution is 7.11. The number of thiophene rings is 1. The van der Waals surface area contributed by atoms with Crippen molar-refractivity contribution in [2.24, 2.45) is 0 Å². The first kappa shape index (κ1) is 15.3. The van der Waals surface area contributed by atoms with Gasteiger partial charge >= 0.3 is 0 Å². The van der Waals surface area contributed by atoms with Gasteiger partial charge < -0.3 is 5.32 Å². The Hall–Kier alpha value is -1.12. The monoisotopic (exact) mass is 287 g/mol. The van der Waals surface area contributed by atoms with Gasteiger partial charge in [-0.15, -0.1) is 11.3 Å². The van der Waals surface area contributed by atoms with Crippen molar-refractivity contribution in [3.63, 3.8) is 0 Å². The number of likely N-dealkylation sites (N-methyl/N-ethyl adjacent to an activating group) is 1. The third kappa shape index (κ3) is 4.19. The molecule has 2 heteroatoms. The highest BCUT2D eigenvalue weighted by atomic mass is 32.1. The molecule has 1 aromatic carbocycles. The summed E-state index contributed by atoms with van der Waals surface area (Å²) in [5.41, 5.74) is 4.16. The fourth-order valence-corrected chi connectivity index (χ4v) is 3.75. The number of rotatable bonds is 6. The molecule has 1 unspecified atom stereocenters. The summed E-state index contributed by atoms with van der Waals surface area (Å²) in [5.74, 6) is 0. The molecule has 108 valence electrons. The molecule has 1 aromatic heterocycles. The Bertz CT molecular complexity index is 536. The second-order valence-electron chi connectivity index (χ2n) is 5.61. The van der Waals surface area contributed by atoms with Crippen molar-refractivity contribution in [1.29, 1.82) is 0 Å². The highest BCUT2D eigenvalue weighted by Crippen LogP contribution is 2.20. The summed E-state index contributed by atoms with van der Waals surface area (Å²) >= 11 is 1.95. The number of nitrogens with one attached hydrogen (secondary N) is 1. The molecule has 1 N–H and O–H groups in total. The molecule has 1 nitrogen and oxygen atoms in total. The van der Waals surface area contributed by atoms with E-state index in [4.69, 9.17) is 0 Å². The lowest BCUT2D eigenvalue weighted by atomic mass is 9.99. The van der Waals surface area contributed by atoms with E-state index in [0.717, 1.165) is 19.3 Å². The number of benzene rings is 1. The van der Waals surface area contributed by atoms with Gasteiger partial charge in [0.2, 0.25) is 0 Å². The maximum absolute atomic E-state index is 3.47. The van der Waals surface area contributed by atoms with Gasteiger partial charge in [-0.1, -0.05) is 36.2 Å². The molecule has 0 saturated heterocycles. The second kappa shape index (κ2) is 7.05. The Labute approximate surface area is 127 Å². The van der Waals surface area contributed by atoms with E-state index in [1.807, 2.05) is 11.3 Å². The average molecular weight is 287 g/mol. The van der Waals surface area contributed by atoms with Crippen LogP contribution in [0.3, 0.4) is 0 Å². The lowest BCUT2D eigenvalue weighted by Crippen LogP contribution is -2.29. The maximum Gasteiger partial charge on any atom is 0.0153 e. The predicted octanol–water partition coefficient (Wildman–Crippen LogP) is 4.30. The van der Waals surface area contributed by atoms with Crippen molar-refractivity contribution < 1.29 is 0 Å². The van der Waals surface area contributed by atoms with Crippen LogP contribution in [0.15, 0.2) is 30.3 Å². The Balaban J connectivity index is 2.04. The van der Waals surface area contributed by atoms with E-state index in [2.05, 4.69) is 63.5 Å². The molecule has 1 heterocycles. The Kier molecular flexibility index (Phi) is 5.38. The van der Waals surface area contributed by atoms with Gasteiger partial charge in [-0.2, -0.15) is 0 Å². The van der Waals surface area contributed by atoms with Crippen LogP contribution in [0.2, 0.25) is 0 Å². The molecular weight excluding hydrogens is 262 g/mol. The number of hydrogen-bond acceptors (Lipinski definition) is 2. The van der Waals surface area contributed by atoms with Crippen molar-refractivity contribution in [1.82, 2.24) is 5.32 Å². The zero-order valence-corrected chi connectivity index (χ0v) is 13.8.